The number of nitrogens with one attached hydrogen (secondary N) is 1. The first-order valence-electron chi connectivity index (χ1n) is 5.00. The van der Waals surface area contributed by atoms with Gasteiger partial charge in [-0.3, -0.25) is 0 Å². The second kappa shape index (κ2) is 4.37. The fourth-order valence-electron chi connectivity index (χ4n) is 1.57. The summed E-state index contributed by atoms with van der Waals surface area (Å²) in [6.07, 6.45) is 4.15. The van der Waals surface area contributed by atoms with Crippen molar-refractivity contribution < 1.29 is 4.74 Å². The number of rotatable bonds is 3. The molecule has 1 aliphatic heterocycles. The van der Waals surface area contributed by atoms with E-state index in [2.05, 4.69) is 15.3 Å². The normalized spacial score (nSPS) is 21.1. The minimum atomic E-state index is 0.471. The summed E-state index contributed by atoms with van der Waals surface area (Å²) >= 11 is 0. The van der Waals surface area contributed by atoms with Crippen molar-refractivity contribution in [1.82, 2.24) is 15.3 Å². The fraction of sp³-hybridized carbons (Fsp3) is 0.600. The van der Waals surface area contributed by atoms with Gasteiger partial charge >= 0.3 is 6.01 Å². The van der Waals surface area contributed by atoms with Crippen LogP contribution in [0.4, 0.5) is 0 Å². The van der Waals surface area contributed by atoms with Gasteiger partial charge in [-0.25, -0.2) is 9.97 Å². The highest BCUT2D eigenvalue weighted by Gasteiger charge is 2.14. The number of hydrogen-bond donors (Lipinski definition) is 1. The molecule has 0 aromatic carbocycles. The lowest BCUT2D eigenvalue weighted by atomic mass is 10.2. The lowest BCUT2D eigenvalue weighted by Crippen LogP contribution is -2.28. The fourth-order valence-corrected chi connectivity index (χ4v) is 1.57. The maximum Gasteiger partial charge on any atom is 0.316 e. The lowest BCUT2D eigenvalue weighted by Gasteiger charge is -2.10. The highest BCUT2D eigenvalue weighted by atomic mass is 16.5. The second-order valence-electron chi connectivity index (χ2n) is 3.58. The molecular weight excluding hydrogens is 178 g/mol. The van der Waals surface area contributed by atoms with Gasteiger partial charge in [0.1, 0.15) is 6.61 Å². The van der Waals surface area contributed by atoms with Gasteiger partial charge in [0.15, 0.2) is 0 Å². The van der Waals surface area contributed by atoms with E-state index in [0.717, 1.165) is 12.2 Å². The Morgan fingerprint density at radius 2 is 2.57 bits per heavy atom. The molecule has 1 aliphatic rings. The molecule has 0 radical (unpaired) electrons. The first-order chi connectivity index (χ1) is 6.84. The van der Waals surface area contributed by atoms with Crippen LogP contribution in [0.3, 0.4) is 0 Å². The third-order valence-corrected chi connectivity index (χ3v) is 2.35. The van der Waals surface area contributed by atoms with Crippen LogP contribution in [0.25, 0.3) is 0 Å². The van der Waals surface area contributed by atoms with Crippen LogP contribution in [0.2, 0.25) is 0 Å². The zero-order valence-electron chi connectivity index (χ0n) is 8.36. The monoisotopic (exact) mass is 193 g/mol. The van der Waals surface area contributed by atoms with Gasteiger partial charge in [0.05, 0.1) is 0 Å². The van der Waals surface area contributed by atoms with Gasteiger partial charge in [0.25, 0.3) is 0 Å². The quantitative estimate of drug-likeness (QED) is 0.775. The summed E-state index contributed by atoms with van der Waals surface area (Å²) in [7, 11) is 0. The molecule has 1 atom stereocenters. The SMILES string of the molecule is Cc1ccnc(OC[C@@H]2CCCN2)n1. The van der Waals surface area contributed by atoms with Gasteiger partial charge in [-0.2, -0.15) is 0 Å². The van der Waals surface area contributed by atoms with Crippen molar-refractivity contribution in [3.05, 3.63) is 18.0 Å². The van der Waals surface area contributed by atoms with Crippen LogP contribution in [0.5, 0.6) is 6.01 Å². The summed E-state index contributed by atoms with van der Waals surface area (Å²) in [4.78, 5) is 8.21. The molecule has 0 spiro atoms. The van der Waals surface area contributed by atoms with Crippen molar-refractivity contribution in [1.29, 1.82) is 0 Å². The van der Waals surface area contributed by atoms with E-state index in [0.29, 0.717) is 18.7 Å². The van der Waals surface area contributed by atoms with E-state index < -0.39 is 0 Å². The zero-order valence-corrected chi connectivity index (χ0v) is 8.36. The van der Waals surface area contributed by atoms with Crippen LogP contribution >= 0.6 is 0 Å². The molecule has 0 bridgehead atoms. The Kier molecular flexibility index (Phi) is 2.93. The number of nitrogens with zero attached hydrogens (tertiary/aromatic N) is 2. The van der Waals surface area contributed by atoms with Crippen molar-refractivity contribution in [3.8, 4) is 6.01 Å². The van der Waals surface area contributed by atoms with Crippen LogP contribution in [0.15, 0.2) is 12.3 Å². The van der Waals surface area contributed by atoms with Gasteiger partial charge in [-0.1, -0.05) is 0 Å². The Morgan fingerprint density at radius 3 is 3.29 bits per heavy atom. The molecule has 1 N–H and O–H groups in total. The van der Waals surface area contributed by atoms with E-state index in [9.17, 15) is 0 Å². The third kappa shape index (κ3) is 2.42. The van der Waals surface area contributed by atoms with Crippen molar-refractivity contribution in [2.75, 3.05) is 13.2 Å². The summed E-state index contributed by atoms with van der Waals surface area (Å²) < 4.78 is 5.49. The van der Waals surface area contributed by atoms with Crippen LogP contribution in [-0.2, 0) is 0 Å². The standard InChI is InChI=1S/C10H15N3O/c1-8-4-6-12-10(13-8)14-7-9-3-2-5-11-9/h4,6,9,11H,2-3,5,7H2,1H3/t9-/m0/s1. The van der Waals surface area contributed by atoms with E-state index in [4.69, 9.17) is 4.74 Å². The number of hydrogen-bond acceptors (Lipinski definition) is 4. The summed E-state index contributed by atoms with van der Waals surface area (Å²) in [6.45, 7) is 3.70. The van der Waals surface area contributed by atoms with E-state index in [1.807, 2.05) is 13.0 Å². The number of ether oxygens (including phenoxy) is 1. The predicted octanol–water partition coefficient (Wildman–Crippen LogP) is 0.916. The third-order valence-electron chi connectivity index (χ3n) is 2.35. The molecule has 2 heterocycles. The molecule has 0 saturated carbocycles. The summed E-state index contributed by atoms with van der Waals surface area (Å²) in [6, 6.07) is 2.82. The topological polar surface area (TPSA) is 47.0 Å². The average Bonchev–Trinajstić information content (AvgIpc) is 2.67. The molecule has 14 heavy (non-hydrogen) atoms. The highest BCUT2D eigenvalue weighted by molar-refractivity contribution is 5.03. The Morgan fingerprint density at radius 1 is 1.64 bits per heavy atom. The molecule has 0 aliphatic carbocycles. The molecule has 0 amide bonds. The Balaban J connectivity index is 1.85. The largest absolute Gasteiger partial charge is 0.462 e. The van der Waals surface area contributed by atoms with Crippen molar-refractivity contribution in [2.45, 2.75) is 25.8 Å². The molecule has 76 valence electrons. The van der Waals surface area contributed by atoms with Crippen LogP contribution in [-0.4, -0.2) is 29.2 Å². The maximum absolute atomic E-state index is 5.49. The molecule has 4 nitrogen and oxygen atoms in total. The molecule has 0 unspecified atom stereocenters. The first-order valence-corrected chi connectivity index (χ1v) is 5.00. The first kappa shape index (κ1) is 9.40. The summed E-state index contributed by atoms with van der Waals surface area (Å²) in [5.74, 6) is 0. The lowest BCUT2D eigenvalue weighted by molar-refractivity contribution is 0.256. The Bertz CT molecular complexity index is 297. The van der Waals surface area contributed by atoms with Crippen molar-refractivity contribution in [2.24, 2.45) is 0 Å². The van der Waals surface area contributed by atoms with E-state index in [1.54, 1.807) is 6.20 Å². The van der Waals surface area contributed by atoms with Gasteiger partial charge in [-0.05, 0) is 32.4 Å². The van der Waals surface area contributed by atoms with Crippen LogP contribution in [0, 0.1) is 6.92 Å². The Labute approximate surface area is 83.7 Å². The second-order valence-corrected chi connectivity index (χ2v) is 3.58. The molecule has 1 aromatic rings. The average molecular weight is 193 g/mol. The highest BCUT2D eigenvalue weighted by Crippen LogP contribution is 2.07. The zero-order chi connectivity index (χ0) is 9.80. The minimum absolute atomic E-state index is 0.471. The van der Waals surface area contributed by atoms with Crippen molar-refractivity contribution >= 4 is 0 Å². The van der Waals surface area contributed by atoms with Gasteiger partial charge in [0.2, 0.25) is 0 Å². The van der Waals surface area contributed by atoms with E-state index in [1.165, 1.54) is 12.8 Å². The van der Waals surface area contributed by atoms with Crippen LogP contribution < -0.4 is 10.1 Å². The predicted molar refractivity (Wildman–Crippen MR) is 53.3 cm³/mol. The van der Waals surface area contributed by atoms with E-state index in [-0.39, 0.29) is 0 Å². The van der Waals surface area contributed by atoms with E-state index >= 15 is 0 Å². The number of aromatic nitrogens is 2. The van der Waals surface area contributed by atoms with Crippen molar-refractivity contribution in [3.63, 3.8) is 0 Å². The van der Waals surface area contributed by atoms with Gasteiger partial charge in [-0.15, -0.1) is 0 Å². The Hall–Kier alpha value is -1.16. The molecular formula is C10H15N3O. The molecule has 2 rings (SSSR count). The number of aryl methyl sites for hydroxylation is 1. The molecule has 4 heteroatoms. The molecule has 1 aromatic heterocycles. The molecule has 1 fully saturated rings. The van der Waals surface area contributed by atoms with Gasteiger partial charge < -0.3 is 10.1 Å². The van der Waals surface area contributed by atoms with Crippen LogP contribution in [0.1, 0.15) is 18.5 Å². The summed E-state index contributed by atoms with van der Waals surface area (Å²) in [5.41, 5.74) is 0.939. The molecule has 1 saturated heterocycles. The smallest absolute Gasteiger partial charge is 0.316 e. The summed E-state index contributed by atoms with van der Waals surface area (Å²) in [5, 5.41) is 3.36. The minimum Gasteiger partial charge on any atom is -0.462 e. The maximum atomic E-state index is 5.49. The van der Waals surface area contributed by atoms with Gasteiger partial charge in [0, 0.05) is 17.9 Å².